The molecule has 0 aliphatic carbocycles. The van der Waals surface area contributed by atoms with Crippen LogP contribution >= 0.6 is 0 Å². The summed E-state index contributed by atoms with van der Waals surface area (Å²) in [5.74, 6) is -1.80. The Hall–Kier alpha value is -3.15. The lowest BCUT2D eigenvalue weighted by atomic mass is 9.94. The topological polar surface area (TPSA) is 89.9 Å². The zero-order valence-corrected chi connectivity index (χ0v) is 15.8. The average Bonchev–Trinajstić information content (AvgIpc) is 2.60. The van der Waals surface area contributed by atoms with Crippen molar-refractivity contribution < 1.29 is 29.0 Å². The van der Waals surface area contributed by atoms with Gasteiger partial charge in [-0.15, -0.1) is 0 Å². The van der Waals surface area contributed by atoms with E-state index in [-0.39, 0.29) is 5.97 Å². The number of hydrogen-bond donors (Lipinski definition) is 1. The van der Waals surface area contributed by atoms with Gasteiger partial charge in [-0.05, 0) is 36.5 Å². The molecule has 0 fully saturated rings. The largest absolute Gasteiger partial charge is 0.478 e. The monoisotopic (exact) mass is 374 g/mol. The van der Waals surface area contributed by atoms with E-state index in [0.29, 0.717) is 12.0 Å². The fourth-order valence-corrected chi connectivity index (χ4v) is 2.20. The summed E-state index contributed by atoms with van der Waals surface area (Å²) in [6.45, 7) is 9.95. The van der Waals surface area contributed by atoms with Gasteiger partial charge in [0.15, 0.2) is 0 Å². The van der Waals surface area contributed by atoms with Gasteiger partial charge in [0.05, 0.1) is 18.1 Å². The number of hydrogen-bond acceptors (Lipinski definition) is 5. The lowest BCUT2D eigenvalue weighted by Crippen LogP contribution is -2.08. The zero-order valence-electron chi connectivity index (χ0n) is 15.8. The molecule has 6 heteroatoms. The van der Waals surface area contributed by atoms with Crippen LogP contribution in [0.25, 0.3) is 0 Å². The van der Waals surface area contributed by atoms with Crippen molar-refractivity contribution in [3.8, 4) is 0 Å². The van der Waals surface area contributed by atoms with E-state index < -0.39 is 11.9 Å². The number of carbonyl (C=O) groups is 3. The van der Waals surface area contributed by atoms with E-state index in [0.717, 1.165) is 49.0 Å². The molecule has 6 nitrogen and oxygen atoms in total. The molecule has 0 unspecified atom stereocenters. The zero-order chi connectivity index (χ0) is 20.7. The van der Waals surface area contributed by atoms with Crippen LogP contribution in [0.5, 0.6) is 0 Å². The fourth-order valence-electron chi connectivity index (χ4n) is 2.20. The van der Waals surface area contributed by atoms with Gasteiger partial charge in [0.2, 0.25) is 0 Å². The third kappa shape index (κ3) is 10.4. The van der Waals surface area contributed by atoms with E-state index >= 15 is 0 Å². The number of carbonyl (C=O) groups excluding carboxylic acids is 2. The van der Waals surface area contributed by atoms with Crippen LogP contribution in [0, 0.1) is 0 Å². The van der Waals surface area contributed by atoms with E-state index in [1.165, 1.54) is 13.0 Å². The fraction of sp³-hybridized carbons (Fsp3) is 0.286. The van der Waals surface area contributed by atoms with Crippen LogP contribution in [-0.2, 0) is 31.9 Å². The first-order valence-electron chi connectivity index (χ1n) is 8.47. The second-order valence-electron chi connectivity index (χ2n) is 5.34. The summed E-state index contributed by atoms with van der Waals surface area (Å²) in [5, 5.41) is 8.67. The molecule has 0 saturated carbocycles. The number of aliphatic carboxylic acids is 1. The van der Waals surface area contributed by atoms with Crippen LogP contribution in [0.4, 0.5) is 0 Å². The minimum absolute atomic E-state index is 0.329. The van der Waals surface area contributed by atoms with Crippen molar-refractivity contribution in [1.82, 2.24) is 0 Å². The molecule has 0 aliphatic heterocycles. The van der Waals surface area contributed by atoms with Gasteiger partial charge in [-0.3, -0.25) is 4.79 Å². The highest BCUT2D eigenvalue weighted by molar-refractivity contribution is 5.92. The van der Waals surface area contributed by atoms with Gasteiger partial charge in [-0.2, -0.15) is 0 Å². The highest BCUT2D eigenvalue weighted by Gasteiger charge is 2.14. The summed E-state index contributed by atoms with van der Waals surface area (Å²) in [7, 11) is 0. The van der Waals surface area contributed by atoms with E-state index in [1.54, 1.807) is 6.07 Å². The molecule has 146 valence electrons. The minimum Gasteiger partial charge on any atom is -0.478 e. The van der Waals surface area contributed by atoms with Crippen LogP contribution in [0.3, 0.4) is 0 Å². The van der Waals surface area contributed by atoms with Gasteiger partial charge in [0, 0.05) is 13.0 Å². The van der Waals surface area contributed by atoms with E-state index in [4.69, 9.17) is 9.84 Å². The van der Waals surface area contributed by atoms with Crippen molar-refractivity contribution in [1.29, 1.82) is 0 Å². The predicted octanol–water partition coefficient (Wildman–Crippen LogP) is 4.21. The molecule has 0 aliphatic rings. The van der Waals surface area contributed by atoms with E-state index in [1.807, 2.05) is 12.1 Å². The van der Waals surface area contributed by atoms with Gasteiger partial charge in [0.25, 0.3) is 0 Å². The second kappa shape index (κ2) is 14.1. The Kier molecular flexibility index (Phi) is 12.4. The number of aryl methyl sites for hydroxylation is 1. The number of ether oxygens (including phenoxy) is 2. The molecule has 0 saturated heterocycles. The first-order chi connectivity index (χ1) is 12.9. The van der Waals surface area contributed by atoms with Crippen molar-refractivity contribution in [2.45, 2.75) is 39.5 Å². The summed E-state index contributed by atoms with van der Waals surface area (Å²) in [6, 6.07) is 5.46. The second-order valence-corrected chi connectivity index (χ2v) is 5.34. The summed E-state index contributed by atoms with van der Waals surface area (Å²) < 4.78 is 9.01. The van der Waals surface area contributed by atoms with Crippen molar-refractivity contribution in [2.24, 2.45) is 0 Å². The standard InChI is InChI=1S/C17H20O4.C4H6O2/c1-3-5-8-13-9-6-11-15(17(20)21-4-2)14(13)10-7-12-16(18)19;1-3-6-4(2)5/h4,6-7,9,11-12H,2-3,5,8,10H2,1H3,(H,18,19);3H,1H2,2H3/b12-7+;. The smallest absolute Gasteiger partial charge is 0.343 e. The van der Waals surface area contributed by atoms with Crippen molar-refractivity contribution in [3.63, 3.8) is 0 Å². The number of carboxylic acids is 1. The van der Waals surface area contributed by atoms with Crippen molar-refractivity contribution in [2.75, 3.05) is 0 Å². The summed E-state index contributed by atoms with van der Waals surface area (Å²) in [5.41, 5.74) is 2.32. The normalized spacial score (nSPS) is 9.70. The number of allylic oxidation sites excluding steroid dienone is 1. The summed E-state index contributed by atoms with van der Waals surface area (Å²) in [6.07, 6.45) is 8.11. The third-order valence-corrected chi connectivity index (χ3v) is 3.31. The number of carboxylic acid groups (broad SMARTS) is 1. The van der Waals surface area contributed by atoms with Gasteiger partial charge < -0.3 is 14.6 Å². The van der Waals surface area contributed by atoms with Crippen LogP contribution in [0.2, 0.25) is 0 Å². The molecule has 0 atom stereocenters. The maximum Gasteiger partial charge on any atom is 0.343 e. The molecule has 0 bridgehead atoms. The maximum atomic E-state index is 12.0. The molecule has 0 spiro atoms. The first kappa shape index (κ1) is 23.9. The Morgan fingerprint density at radius 2 is 1.81 bits per heavy atom. The highest BCUT2D eigenvalue weighted by Crippen LogP contribution is 2.20. The quantitative estimate of drug-likeness (QED) is 0.396. The van der Waals surface area contributed by atoms with Crippen LogP contribution in [0.15, 0.2) is 56.0 Å². The number of unbranched alkanes of at least 4 members (excludes halogenated alkanes) is 1. The van der Waals surface area contributed by atoms with E-state index in [2.05, 4.69) is 24.8 Å². The van der Waals surface area contributed by atoms with Crippen LogP contribution in [-0.4, -0.2) is 23.0 Å². The summed E-state index contributed by atoms with van der Waals surface area (Å²) in [4.78, 5) is 32.3. The van der Waals surface area contributed by atoms with Gasteiger partial charge in [-0.1, -0.05) is 44.7 Å². The lowest BCUT2D eigenvalue weighted by Gasteiger charge is -2.12. The molecule has 0 heterocycles. The average molecular weight is 374 g/mol. The minimum atomic E-state index is -1.00. The molecule has 1 N–H and O–H groups in total. The van der Waals surface area contributed by atoms with Crippen molar-refractivity contribution >= 4 is 17.9 Å². The third-order valence-electron chi connectivity index (χ3n) is 3.31. The molecule has 0 amide bonds. The van der Waals surface area contributed by atoms with Gasteiger partial charge in [-0.25, -0.2) is 9.59 Å². The Morgan fingerprint density at radius 3 is 2.30 bits per heavy atom. The number of esters is 2. The first-order valence-corrected chi connectivity index (χ1v) is 8.47. The Balaban J connectivity index is 0.000000972. The molecule has 1 aromatic carbocycles. The van der Waals surface area contributed by atoms with E-state index in [9.17, 15) is 14.4 Å². The highest BCUT2D eigenvalue weighted by atomic mass is 16.5. The van der Waals surface area contributed by atoms with Gasteiger partial charge >= 0.3 is 17.9 Å². The molecule has 1 aromatic rings. The Morgan fingerprint density at radius 1 is 1.15 bits per heavy atom. The summed E-state index contributed by atoms with van der Waals surface area (Å²) >= 11 is 0. The molecule has 27 heavy (non-hydrogen) atoms. The number of rotatable bonds is 9. The SMILES string of the molecule is C=COC(=O)c1cccc(CCCC)c1C/C=C/C(=O)O.C=COC(C)=O. The molecule has 0 radical (unpaired) electrons. The molecular weight excluding hydrogens is 348 g/mol. The Labute approximate surface area is 159 Å². The predicted molar refractivity (Wildman–Crippen MR) is 103 cm³/mol. The molecule has 0 aromatic heterocycles. The van der Waals surface area contributed by atoms with Crippen LogP contribution < -0.4 is 0 Å². The van der Waals surface area contributed by atoms with Crippen LogP contribution in [0.1, 0.15) is 48.2 Å². The molecule has 1 rings (SSSR count). The Bertz CT molecular complexity index is 688. The van der Waals surface area contributed by atoms with Crippen molar-refractivity contribution in [3.05, 3.63) is 72.7 Å². The lowest BCUT2D eigenvalue weighted by molar-refractivity contribution is -0.135. The maximum absolute atomic E-state index is 12.0. The molecular formula is C21H26O6. The number of benzene rings is 1. The van der Waals surface area contributed by atoms with Gasteiger partial charge in [0.1, 0.15) is 0 Å².